The van der Waals surface area contributed by atoms with E-state index in [1.807, 2.05) is 42.5 Å². The number of aryl methyl sites for hydroxylation is 1. The second kappa shape index (κ2) is 12.8. The number of rotatable bonds is 11. The largest absolute Gasteiger partial charge is 0.489 e. The minimum absolute atomic E-state index is 0.183. The van der Waals surface area contributed by atoms with Crippen molar-refractivity contribution in [3.05, 3.63) is 92.3 Å². The maximum atomic E-state index is 12.6. The molecule has 3 heterocycles. The van der Waals surface area contributed by atoms with Crippen molar-refractivity contribution < 1.29 is 28.8 Å². The van der Waals surface area contributed by atoms with Gasteiger partial charge in [0.2, 0.25) is 5.88 Å². The van der Waals surface area contributed by atoms with Crippen LogP contribution in [0.4, 0.5) is 5.69 Å². The molecule has 0 unspecified atom stereocenters. The SMILES string of the molecule is CCN(CC)c1ccc2c(COc3ccc(COc4nc(=O)n([C@H]5C[C@H](O)[C@@H](CO)O5)cc4C)cc3)cc(=O)oc2c1. The van der Waals surface area contributed by atoms with E-state index in [0.29, 0.717) is 16.9 Å². The maximum Gasteiger partial charge on any atom is 0.352 e. The van der Waals surface area contributed by atoms with Crippen LogP contribution in [0.15, 0.2) is 68.7 Å². The number of aromatic nitrogens is 2. The van der Waals surface area contributed by atoms with E-state index in [0.717, 1.165) is 35.3 Å². The van der Waals surface area contributed by atoms with Crippen LogP contribution in [0.25, 0.3) is 11.0 Å². The van der Waals surface area contributed by atoms with Crippen molar-refractivity contribution in [1.82, 2.24) is 9.55 Å². The van der Waals surface area contributed by atoms with Crippen LogP contribution in [0, 0.1) is 6.92 Å². The summed E-state index contributed by atoms with van der Waals surface area (Å²) in [6, 6.07) is 14.6. The number of hydrogen-bond donors (Lipinski definition) is 2. The zero-order chi connectivity index (χ0) is 29.8. The van der Waals surface area contributed by atoms with Crippen LogP contribution in [0.1, 0.15) is 43.2 Å². The lowest BCUT2D eigenvalue weighted by atomic mass is 10.1. The number of aliphatic hydroxyl groups is 2. The van der Waals surface area contributed by atoms with Crippen LogP contribution in [0.5, 0.6) is 11.6 Å². The Balaban J connectivity index is 1.21. The van der Waals surface area contributed by atoms with Crippen LogP contribution in [0.3, 0.4) is 0 Å². The van der Waals surface area contributed by atoms with Crippen LogP contribution in [-0.2, 0) is 18.0 Å². The fourth-order valence-corrected chi connectivity index (χ4v) is 5.07. The van der Waals surface area contributed by atoms with E-state index in [1.165, 1.54) is 10.6 Å². The third-order valence-electron chi connectivity index (χ3n) is 7.42. The number of benzene rings is 2. The Morgan fingerprint density at radius 2 is 1.81 bits per heavy atom. The van der Waals surface area contributed by atoms with E-state index in [1.54, 1.807) is 13.1 Å². The van der Waals surface area contributed by atoms with Gasteiger partial charge in [0.25, 0.3) is 0 Å². The van der Waals surface area contributed by atoms with Crippen LogP contribution < -0.4 is 25.7 Å². The first kappa shape index (κ1) is 29.3. The van der Waals surface area contributed by atoms with E-state index in [2.05, 4.69) is 23.7 Å². The maximum absolute atomic E-state index is 12.6. The van der Waals surface area contributed by atoms with E-state index in [-0.39, 0.29) is 32.1 Å². The molecule has 1 saturated heterocycles. The Morgan fingerprint density at radius 1 is 1.05 bits per heavy atom. The zero-order valence-electron chi connectivity index (χ0n) is 23.9. The number of nitrogens with zero attached hydrogens (tertiary/aromatic N) is 3. The third-order valence-corrected chi connectivity index (χ3v) is 7.42. The second-order valence-electron chi connectivity index (χ2n) is 10.2. The molecule has 11 heteroatoms. The van der Waals surface area contributed by atoms with Crippen molar-refractivity contribution >= 4 is 16.7 Å². The van der Waals surface area contributed by atoms with Crippen LogP contribution >= 0.6 is 0 Å². The number of ether oxygens (including phenoxy) is 3. The Labute approximate surface area is 242 Å². The van der Waals surface area contributed by atoms with E-state index < -0.39 is 29.8 Å². The van der Waals surface area contributed by atoms with Crippen molar-refractivity contribution in [2.45, 2.75) is 58.8 Å². The van der Waals surface area contributed by atoms with Gasteiger partial charge in [-0.1, -0.05) is 12.1 Å². The molecule has 0 radical (unpaired) electrons. The van der Waals surface area contributed by atoms with Gasteiger partial charge >= 0.3 is 11.3 Å². The summed E-state index contributed by atoms with van der Waals surface area (Å²) in [5.41, 5.74) is 2.74. The molecule has 1 aliphatic rings. The van der Waals surface area contributed by atoms with Gasteiger partial charge in [0, 0.05) is 60.0 Å². The minimum Gasteiger partial charge on any atom is -0.489 e. The average Bonchev–Trinajstić information content (AvgIpc) is 3.37. The molecule has 0 amide bonds. The van der Waals surface area contributed by atoms with Gasteiger partial charge in [-0.25, -0.2) is 9.59 Å². The van der Waals surface area contributed by atoms with Crippen molar-refractivity contribution in [2.75, 3.05) is 24.6 Å². The number of fused-ring (bicyclic) bond motifs is 1. The van der Waals surface area contributed by atoms with Gasteiger partial charge in [-0.3, -0.25) is 4.57 Å². The van der Waals surface area contributed by atoms with Gasteiger partial charge in [-0.05, 0) is 50.6 Å². The quantitative estimate of drug-likeness (QED) is 0.256. The summed E-state index contributed by atoms with van der Waals surface area (Å²) in [7, 11) is 0. The Hall–Kier alpha value is -4.19. The lowest BCUT2D eigenvalue weighted by molar-refractivity contribution is -0.0460. The van der Waals surface area contributed by atoms with E-state index in [9.17, 15) is 19.8 Å². The lowest BCUT2D eigenvalue weighted by Gasteiger charge is -2.21. The normalized spacial score (nSPS) is 18.4. The summed E-state index contributed by atoms with van der Waals surface area (Å²) in [5, 5.41) is 20.1. The second-order valence-corrected chi connectivity index (χ2v) is 10.2. The van der Waals surface area contributed by atoms with Gasteiger partial charge in [0.1, 0.15) is 36.9 Å². The molecule has 3 atom stereocenters. The third kappa shape index (κ3) is 6.33. The van der Waals surface area contributed by atoms with E-state index >= 15 is 0 Å². The fraction of sp³-hybridized carbons (Fsp3) is 0.387. The first-order chi connectivity index (χ1) is 20.3. The number of anilines is 1. The Kier molecular flexibility index (Phi) is 8.91. The smallest absolute Gasteiger partial charge is 0.352 e. The summed E-state index contributed by atoms with van der Waals surface area (Å²) >= 11 is 0. The summed E-state index contributed by atoms with van der Waals surface area (Å²) in [6.45, 7) is 7.68. The summed E-state index contributed by atoms with van der Waals surface area (Å²) in [6.07, 6.45) is -0.523. The van der Waals surface area contributed by atoms with Crippen LogP contribution in [-0.4, -0.2) is 51.7 Å². The summed E-state index contributed by atoms with van der Waals surface area (Å²) in [5.74, 6) is 0.824. The monoisotopic (exact) mass is 577 g/mol. The summed E-state index contributed by atoms with van der Waals surface area (Å²) < 4.78 is 24.1. The molecular weight excluding hydrogens is 542 g/mol. The molecule has 0 saturated carbocycles. The predicted octanol–water partition coefficient (Wildman–Crippen LogP) is 3.30. The first-order valence-corrected chi connectivity index (χ1v) is 14.0. The molecule has 2 aromatic heterocycles. The molecule has 4 aromatic rings. The van der Waals surface area contributed by atoms with Crippen LogP contribution in [0.2, 0.25) is 0 Å². The standard InChI is InChI=1S/C31H35N3O8/c1-4-33(5-2)22-8-11-24-21(12-29(37)42-26(24)13-22)18-39-23-9-6-20(7-10-23)17-40-30-19(3)15-34(31(38)32-30)28-14-25(36)27(16-35)41-28/h6-13,15,25,27-28,35-36H,4-5,14,16-18H2,1-3H3/t25-,27+,28+/m0/s1. The minimum atomic E-state index is -0.854. The highest BCUT2D eigenvalue weighted by atomic mass is 16.5. The summed E-state index contributed by atoms with van der Waals surface area (Å²) in [4.78, 5) is 31.1. The fourth-order valence-electron chi connectivity index (χ4n) is 5.07. The molecule has 222 valence electrons. The highest BCUT2D eigenvalue weighted by molar-refractivity contribution is 5.83. The molecule has 42 heavy (non-hydrogen) atoms. The lowest BCUT2D eigenvalue weighted by Crippen LogP contribution is -2.28. The van der Waals surface area contributed by atoms with Gasteiger partial charge in [0.15, 0.2) is 0 Å². The van der Waals surface area contributed by atoms with Gasteiger partial charge in [0.05, 0.1) is 12.7 Å². The highest BCUT2D eigenvalue weighted by Gasteiger charge is 2.35. The molecule has 1 aliphatic heterocycles. The molecular formula is C31H35N3O8. The highest BCUT2D eigenvalue weighted by Crippen LogP contribution is 2.29. The molecule has 0 aliphatic carbocycles. The molecule has 0 bridgehead atoms. The average molecular weight is 578 g/mol. The van der Waals surface area contributed by atoms with Crippen molar-refractivity contribution in [2.24, 2.45) is 0 Å². The number of aliphatic hydroxyl groups excluding tert-OH is 2. The first-order valence-electron chi connectivity index (χ1n) is 14.0. The predicted molar refractivity (Wildman–Crippen MR) is 156 cm³/mol. The molecule has 1 fully saturated rings. The molecule has 2 N–H and O–H groups in total. The zero-order valence-corrected chi connectivity index (χ0v) is 23.9. The Morgan fingerprint density at radius 3 is 2.50 bits per heavy atom. The molecule has 5 rings (SSSR count). The Bertz CT molecular complexity index is 1650. The topological polar surface area (TPSA) is 136 Å². The van der Waals surface area contributed by atoms with E-state index in [4.69, 9.17) is 18.6 Å². The van der Waals surface area contributed by atoms with Crippen molar-refractivity contribution in [3.63, 3.8) is 0 Å². The van der Waals surface area contributed by atoms with Crippen molar-refractivity contribution in [1.29, 1.82) is 0 Å². The number of hydrogen-bond acceptors (Lipinski definition) is 10. The molecule has 0 spiro atoms. The van der Waals surface area contributed by atoms with Gasteiger partial charge in [-0.2, -0.15) is 4.98 Å². The molecule has 11 nitrogen and oxygen atoms in total. The van der Waals surface area contributed by atoms with Gasteiger partial charge < -0.3 is 33.7 Å². The van der Waals surface area contributed by atoms with Gasteiger partial charge in [-0.15, -0.1) is 0 Å². The molecule has 2 aromatic carbocycles. The van der Waals surface area contributed by atoms with Crippen molar-refractivity contribution in [3.8, 4) is 11.6 Å².